The predicted octanol–water partition coefficient (Wildman–Crippen LogP) is 5.67. The summed E-state index contributed by atoms with van der Waals surface area (Å²) in [5, 5.41) is 7.09. The first kappa shape index (κ1) is 29.3. The number of thioether (sulfide) groups is 1. The fraction of sp³-hybridized carbons (Fsp3) is 0.500. The highest BCUT2D eigenvalue weighted by Gasteiger charge is 2.32. The number of rotatable bonds is 9. The van der Waals surface area contributed by atoms with Crippen molar-refractivity contribution in [3.63, 3.8) is 0 Å². The summed E-state index contributed by atoms with van der Waals surface area (Å²) >= 11 is 4.66. The predicted molar refractivity (Wildman–Crippen MR) is 167 cm³/mol. The third kappa shape index (κ3) is 6.23. The first-order valence-corrected chi connectivity index (χ1v) is 17.3. The topological polar surface area (TPSA) is 104 Å². The van der Waals surface area contributed by atoms with Crippen LogP contribution in [0, 0.1) is 9.49 Å². The minimum Gasteiger partial charge on any atom is -0.362 e. The Kier molecular flexibility index (Phi) is 9.47. The van der Waals surface area contributed by atoms with Crippen LogP contribution in [-0.2, 0) is 9.84 Å². The van der Waals surface area contributed by atoms with Gasteiger partial charge < -0.3 is 15.5 Å². The number of halogens is 1. The number of nitrogens with one attached hydrogen (secondary N) is 2. The molecule has 2 heterocycles. The lowest BCUT2D eigenvalue weighted by molar-refractivity contribution is 0.0946. The quantitative estimate of drug-likeness (QED) is 0.219. The lowest BCUT2D eigenvalue weighted by Crippen LogP contribution is -2.34. The summed E-state index contributed by atoms with van der Waals surface area (Å²) in [5.74, 6) is 1.73. The molecular formula is C26H34IN5O3S3. The Labute approximate surface area is 246 Å². The molecule has 12 heteroatoms. The van der Waals surface area contributed by atoms with Gasteiger partial charge in [0.15, 0.2) is 9.84 Å². The molecule has 38 heavy (non-hydrogen) atoms. The van der Waals surface area contributed by atoms with Crippen LogP contribution in [0.4, 0.5) is 11.8 Å². The van der Waals surface area contributed by atoms with E-state index in [4.69, 9.17) is 9.97 Å². The Bertz CT molecular complexity index is 1420. The number of thiophene rings is 1. The summed E-state index contributed by atoms with van der Waals surface area (Å²) in [4.78, 5) is 25.3. The second-order valence-electron chi connectivity index (χ2n) is 10.0. The lowest BCUT2D eigenvalue weighted by atomic mass is 9.86. The van der Waals surface area contributed by atoms with Crippen molar-refractivity contribution in [2.24, 2.45) is 5.92 Å². The lowest BCUT2D eigenvalue weighted by Gasteiger charge is -2.29. The number of sulfone groups is 1. The highest BCUT2D eigenvalue weighted by atomic mass is 127. The van der Waals surface area contributed by atoms with Gasteiger partial charge in [-0.3, -0.25) is 4.79 Å². The zero-order chi connectivity index (χ0) is 27.6. The molecule has 0 radical (unpaired) electrons. The number of nitrogens with zero attached hydrogens (tertiary/aromatic N) is 3. The molecule has 1 saturated carbocycles. The molecule has 1 amide bonds. The van der Waals surface area contributed by atoms with Crippen LogP contribution in [0.15, 0.2) is 33.4 Å². The van der Waals surface area contributed by atoms with Gasteiger partial charge in [0, 0.05) is 32.1 Å². The Morgan fingerprint density at radius 2 is 1.87 bits per heavy atom. The van der Waals surface area contributed by atoms with Crippen LogP contribution < -0.4 is 15.5 Å². The summed E-state index contributed by atoms with van der Waals surface area (Å²) in [6.07, 6.45) is 5.75. The Morgan fingerprint density at radius 3 is 2.50 bits per heavy atom. The minimum atomic E-state index is -3.47. The Balaban J connectivity index is 1.35. The summed E-state index contributed by atoms with van der Waals surface area (Å²) in [5.41, 5.74) is 0.919. The van der Waals surface area contributed by atoms with Gasteiger partial charge in [-0.15, -0.1) is 23.1 Å². The minimum absolute atomic E-state index is 0.194. The normalized spacial score (nSPS) is 18.1. The van der Waals surface area contributed by atoms with Crippen LogP contribution in [0.25, 0.3) is 10.9 Å². The number of hydrogen-bond acceptors (Lipinski definition) is 9. The van der Waals surface area contributed by atoms with E-state index < -0.39 is 15.1 Å². The van der Waals surface area contributed by atoms with Crippen molar-refractivity contribution < 1.29 is 13.2 Å². The zero-order valence-corrected chi connectivity index (χ0v) is 26.9. The highest BCUT2D eigenvalue weighted by Crippen LogP contribution is 2.40. The smallest absolute Gasteiger partial charge is 0.262 e. The van der Waals surface area contributed by atoms with E-state index in [9.17, 15) is 13.2 Å². The summed E-state index contributed by atoms with van der Waals surface area (Å²) in [6, 6.07) is 8.31. The number of amides is 1. The van der Waals surface area contributed by atoms with Crippen LogP contribution in [0.1, 0.15) is 49.2 Å². The van der Waals surface area contributed by atoms with E-state index in [-0.39, 0.29) is 11.9 Å². The van der Waals surface area contributed by atoms with Gasteiger partial charge in [-0.05, 0) is 86.4 Å². The maximum absolute atomic E-state index is 13.0. The number of hydrogen-bond donors (Lipinski definition) is 2. The molecule has 0 atom stereocenters. The van der Waals surface area contributed by atoms with Crippen molar-refractivity contribution in [1.82, 2.24) is 15.3 Å². The van der Waals surface area contributed by atoms with Gasteiger partial charge in [0.2, 0.25) is 5.95 Å². The molecule has 1 aromatic carbocycles. The average molecular weight is 688 g/mol. The highest BCUT2D eigenvalue weighted by molar-refractivity contribution is 14.1. The fourth-order valence-corrected chi connectivity index (χ4v) is 10.5. The number of benzene rings is 1. The first-order valence-electron chi connectivity index (χ1n) is 12.6. The second kappa shape index (κ2) is 12.3. The van der Waals surface area contributed by atoms with Crippen LogP contribution in [0.5, 0.6) is 0 Å². The monoisotopic (exact) mass is 687 g/mol. The molecule has 1 aliphatic rings. The van der Waals surface area contributed by atoms with E-state index >= 15 is 0 Å². The van der Waals surface area contributed by atoms with E-state index in [1.165, 1.54) is 23.1 Å². The van der Waals surface area contributed by atoms with Crippen molar-refractivity contribution in [3.05, 3.63) is 32.7 Å². The van der Waals surface area contributed by atoms with Crippen LogP contribution in [0.3, 0.4) is 0 Å². The van der Waals surface area contributed by atoms with Crippen molar-refractivity contribution in [2.75, 3.05) is 37.1 Å². The molecule has 0 unspecified atom stereocenters. The molecule has 2 aromatic heterocycles. The molecule has 0 aliphatic heterocycles. The number of fused-ring (bicyclic) bond motifs is 1. The van der Waals surface area contributed by atoms with Crippen molar-refractivity contribution >= 4 is 84.1 Å². The number of carbonyl (C=O) groups excluding carboxylic acids is 1. The molecule has 4 rings (SSSR count). The SMILES string of the molecule is CSc1sc(C(=O)NC[C@H]2CC[C@@H](Nc3nc(N(C)C)c4ccccc4n3)CC2)c(I)c1S(=O)(=O)C(C)C. The average Bonchev–Trinajstić information content (AvgIpc) is 3.24. The number of anilines is 2. The first-order chi connectivity index (χ1) is 18.0. The maximum Gasteiger partial charge on any atom is 0.262 e. The van der Waals surface area contributed by atoms with E-state index in [0.29, 0.717) is 36.0 Å². The van der Waals surface area contributed by atoms with Crippen LogP contribution in [-0.4, -0.2) is 62.5 Å². The van der Waals surface area contributed by atoms with Crippen molar-refractivity contribution in [3.8, 4) is 0 Å². The number of para-hydroxylation sites is 1. The van der Waals surface area contributed by atoms with Crippen molar-refractivity contribution in [1.29, 1.82) is 0 Å². The maximum atomic E-state index is 13.0. The van der Waals surface area contributed by atoms with E-state index in [1.807, 2.05) is 72.1 Å². The van der Waals surface area contributed by atoms with Crippen LogP contribution in [0.2, 0.25) is 0 Å². The molecule has 1 fully saturated rings. The third-order valence-electron chi connectivity index (χ3n) is 6.81. The van der Waals surface area contributed by atoms with Gasteiger partial charge in [0.05, 0.1) is 18.5 Å². The molecule has 1 aliphatic carbocycles. The summed E-state index contributed by atoms with van der Waals surface area (Å²) in [7, 11) is 0.507. The second-order valence-corrected chi connectivity index (χ2v) is 15.6. The molecule has 0 saturated heterocycles. The Hall–Kier alpha value is -1.64. The van der Waals surface area contributed by atoms with Gasteiger partial charge in [0.1, 0.15) is 15.6 Å². The van der Waals surface area contributed by atoms with Gasteiger partial charge in [-0.25, -0.2) is 13.4 Å². The van der Waals surface area contributed by atoms with E-state index in [2.05, 4.69) is 10.6 Å². The zero-order valence-electron chi connectivity index (χ0n) is 22.2. The number of aromatic nitrogens is 2. The molecule has 2 N–H and O–H groups in total. The third-order valence-corrected chi connectivity index (χ3v) is 13.4. The van der Waals surface area contributed by atoms with Gasteiger partial charge >= 0.3 is 0 Å². The fourth-order valence-electron chi connectivity index (χ4n) is 4.61. The summed E-state index contributed by atoms with van der Waals surface area (Å²) < 4.78 is 27.0. The summed E-state index contributed by atoms with van der Waals surface area (Å²) in [6.45, 7) is 3.93. The molecule has 8 nitrogen and oxygen atoms in total. The standard InChI is InChI=1S/C26H34IN5O3S3/c1-15(2)38(34,35)22-20(27)21(37-25(22)36-5)24(33)28-14-16-10-12-17(13-11-16)29-26-30-19-9-7-6-8-18(19)23(31-26)32(3)4/h6-9,15-17H,10-14H2,1-5H3,(H,28,33)(H,29,30,31)/t16-,17+. The van der Waals surface area contributed by atoms with Gasteiger partial charge in [-0.1, -0.05) is 12.1 Å². The van der Waals surface area contributed by atoms with Crippen LogP contribution >= 0.6 is 45.7 Å². The number of carbonyl (C=O) groups is 1. The Morgan fingerprint density at radius 1 is 1.18 bits per heavy atom. The molecule has 206 valence electrons. The van der Waals surface area contributed by atoms with Crippen molar-refractivity contribution in [2.45, 2.75) is 59.9 Å². The molecule has 3 aromatic rings. The molecule has 0 bridgehead atoms. The van der Waals surface area contributed by atoms with Gasteiger partial charge in [0.25, 0.3) is 5.91 Å². The van der Waals surface area contributed by atoms with Gasteiger partial charge in [-0.2, -0.15) is 4.98 Å². The largest absolute Gasteiger partial charge is 0.362 e. The van der Waals surface area contributed by atoms with E-state index in [1.54, 1.807) is 13.8 Å². The molecule has 0 spiro atoms. The molecular weight excluding hydrogens is 653 g/mol. The van der Waals surface area contributed by atoms with E-state index in [0.717, 1.165) is 42.4 Å².